The molecule has 36 heavy (non-hydrogen) atoms. The van der Waals surface area contributed by atoms with Gasteiger partial charge < -0.3 is 23.9 Å². The summed E-state index contributed by atoms with van der Waals surface area (Å²) in [6.45, 7) is 0.494. The molecule has 0 amide bonds. The Morgan fingerprint density at radius 2 is 1.81 bits per heavy atom. The first-order chi connectivity index (χ1) is 17.1. The van der Waals surface area contributed by atoms with Crippen molar-refractivity contribution < 1.29 is 32.5 Å². The molecule has 1 N–H and O–H groups in total. The molecular weight excluding hydrogens is 501 g/mol. The number of aromatic nitrogens is 4. The van der Waals surface area contributed by atoms with Crippen LogP contribution in [0.2, 0.25) is 5.02 Å². The van der Waals surface area contributed by atoms with E-state index in [2.05, 4.69) is 15.0 Å². The summed E-state index contributed by atoms with van der Waals surface area (Å²) in [7, 11) is 4.62. The maximum Gasteiger partial charge on any atom is 0.433 e. The van der Waals surface area contributed by atoms with Gasteiger partial charge in [0, 0.05) is 31.3 Å². The summed E-state index contributed by atoms with van der Waals surface area (Å²) >= 11 is 6.68. The maximum absolute atomic E-state index is 13.1. The van der Waals surface area contributed by atoms with Crippen molar-refractivity contribution in [2.45, 2.75) is 11.8 Å². The standard InChI is InChI=1S/C24H22ClF3N4O4/c1-32-13-29-12-19(32)23(33,15-5-7-18(30-11-15)24(26,27)28)14-4-6-17-16(10-14)20(25)21(22(31-17)35-3)36-9-8-34-2/h4-7,10-13,33H,8-9H2,1-3H3/t23-/m1/s1. The zero-order valence-electron chi connectivity index (χ0n) is 19.5. The average Bonchev–Trinajstić information content (AvgIpc) is 3.30. The van der Waals surface area contributed by atoms with Gasteiger partial charge in [-0.1, -0.05) is 23.7 Å². The summed E-state index contributed by atoms with van der Waals surface area (Å²) in [5, 5.41) is 12.7. The van der Waals surface area contributed by atoms with Crippen molar-refractivity contribution in [1.29, 1.82) is 0 Å². The Hall–Kier alpha value is -3.41. The van der Waals surface area contributed by atoms with E-state index in [-0.39, 0.29) is 28.8 Å². The molecule has 0 saturated heterocycles. The van der Waals surface area contributed by atoms with Crippen molar-refractivity contribution in [2.24, 2.45) is 7.05 Å². The third kappa shape index (κ3) is 4.57. The van der Waals surface area contributed by atoms with E-state index in [1.165, 1.54) is 32.8 Å². The minimum Gasteiger partial charge on any atom is -0.484 e. The molecule has 0 aliphatic carbocycles. The number of rotatable bonds is 8. The fourth-order valence-electron chi connectivity index (χ4n) is 3.85. The van der Waals surface area contributed by atoms with Crippen molar-refractivity contribution >= 4 is 22.5 Å². The highest BCUT2D eigenvalue weighted by Gasteiger charge is 2.39. The number of ether oxygens (including phenoxy) is 3. The molecular formula is C24H22ClF3N4O4. The lowest BCUT2D eigenvalue weighted by Gasteiger charge is -2.30. The molecule has 4 aromatic rings. The first-order valence-corrected chi connectivity index (χ1v) is 11.0. The zero-order chi connectivity index (χ0) is 26.1. The largest absolute Gasteiger partial charge is 0.484 e. The van der Waals surface area contributed by atoms with Crippen LogP contribution in [-0.2, 0) is 23.6 Å². The minimum absolute atomic E-state index is 0.104. The molecule has 1 atom stereocenters. The summed E-state index contributed by atoms with van der Waals surface area (Å²) in [5.74, 6) is 0.367. The zero-order valence-corrected chi connectivity index (χ0v) is 20.3. The number of imidazole rings is 1. The number of benzene rings is 1. The van der Waals surface area contributed by atoms with Crippen LogP contribution in [0.4, 0.5) is 13.2 Å². The Balaban J connectivity index is 1.91. The Morgan fingerprint density at radius 3 is 2.39 bits per heavy atom. The molecule has 12 heteroatoms. The van der Waals surface area contributed by atoms with E-state index in [4.69, 9.17) is 25.8 Å². The SMILES string of the molecule is COCCOc1c(OC)nc2ccc([C@@](O)(c3ccc(C(F)(F)F)nc3)c3cncn3C)cc2c1Cl. The van der Waals surface area contributed by atoms with Crippen molar-refractivity contribution in [1.82, 2.24) is 19.5 Å². The lowest BCUT2D eigenvalue weighted by molar-refractivity contribution is -0.141. The number of fused-ring (bicyclic) bond motifs is 1. The van der Waals surface area contributed by atoms with E-state index in [0.717, 1.165) is 12.3 Å². The van der Waals surface area contributed by atoms with Crippen LogP contribution in [-0.4, -0.2) is 52.1 Å². The van der Waals surface area contributed by atoms with Gasteiger partial charge in [-0.25, -0.2) is 9.97 Å². The first kappa shape index (κ1) is 25.7. The highest BCUT2D eigenvalue weighted by molar-refractivity contribution is 6.37. The number of halogens is 4. The molecule has 8 nitrogen and oxygen atoms in total. The van der Waals surface area contributed by atoms with Gasteiger partial charge in [-0.05, 0) is 23.8 Å². The number of alkyl halides is 3. The van der Waals surface area contributed by atoms with E-state index < -0.39 is 17.5 Å². The maximum atomic E-state index is 13.1. The van der Waals surface area contributed by atoms with Crippen molar-refractivity contribution in [3.8, 4) is 11.6 Å². The molecule has 0 aliphatic rings. The normalized spacial score (nSPS) is 13.6. The third-order valence-electron chi connectivity index (χ3n) is 5.65. The van der Waals surface area contributed by atoms with Crippen LogP contribution >= 0.6 is 11.6 Å². The van der Waals surface area contributed by atoms with Gasteiger partial charge in [-0.3, -0.25) is 4.98 Å². The first-order valence-electron chi connectivity index (χ1n) is 10.6. The molecule has 0 fully saturated rings. The Morgan fingerprint density at radius 1 is 1.06 bits per heavy atom. The summed E-state index contributed by atoms with van der Waals surface area (Å²) in [6.07, 6.45) is -0.730. The second kappa shape index (κ2) is 9.92. The van der Waals surface area contributed by atoms with Gasteiger partial charge >= 0.3 is 6.18 Å². The minimum atomic E-state index is -4.62. The van der Waals surface area contributed by atoms with Crippen LogP contribution in [0.3, 0.4) is 0 Å². The molecule has 3 aromatic heterocycles. The van der Waals surface area contributed by atoms with E-state index in [9.17, 15) is 18.3 Å². The van der Waals surface area contributed by atoms with E-state index in [0.29, 0.717) is 28.8 Å². The molecule has 0 unspecified atom stereocenters. The molecule has 0 bridgehead atoms. The third-order valence-corrected chi connectivity index (χ3v) is 6.03. The molecule has 0 radical (unpaired) electrons. The van der Waals surface area contributed by atoms with Crippen LogP contribution in [0.1, 0.15) is 22.5 Å². The van der Waals surface area contributed by atoms with Gasteiger partial charge in [0.25, 0.3) is 5.88 Å². The number of nitrogens with zero attached hydrogens (tertiary/aromatic N) is 4. The highest BCUT2D eigenvalue weighted by Crippen LogP contribution is 2.43. The number of hydrogen-bond donors (Lipinski definition) is 1. The lowest BCUT2D eigenvalue weighted by Crippen LogP contribution is -2.31. The van der Waals surface area contributed by atoms with Crippen LogP contribution in [0.15, 0.2) is 49.1 Å². The molecule has 0 saturated carbocycles. The topological polar surface area (TPSA) is 91.5 Å². The second-order valence-electron chi connectivity index (χ2n) is 7.87. The number of pyridine rings is 2. The van der Waals surface area contributed by atoms with Gasteiger partial charge in [0.2, 0.25) is 5.75 Å². The predicted molar refractivity (Wildman–Crippen MR) is 125 cm³/mol. The molecule has 4 rings (SSSR count). The predicted octanol–water partition coefficient (Wildman–Crippen LogP) is 4.35. The fraction of sp³-hybridized carbons (Fsp3) is 0.292. The van der Waals surface area contributed by atoms with E-state index in [1.807, 2.05) is 0 Å². The molecule has 3 heterocycles. The summed E-state index contributed by atoms with van der Waals surface area (Å²) in [4.78, 5) is 12.0. The van der Waals surface area contributed by atoms with E-state index >= 15 is 0 Å². The van der Waals surface area contributed by atoms with Crippen molar-refractivity contribution in [3.63, 3.8) is 0 Å². The summed E-state index contributed by atoms with van der Waals surface area (Å²) in [5.41, 5.74) is -1.83. The quantitative estimate of drug-likeness (QED) is 0.344. The van der Waals surface area contributed by atoms with Gasteiger partial charge in [-0.2, -0.15) is 13.2 Å². The second-order valence-corrected chi connectivity index (χ2v) is 8.25. The Kier molecular flexibility index (Phi) is 7.07. The van der Waals surface area contributed by atoms with Gasteiger partial charge in [-0.15, -0.1) is 0 Å². The van der Waals surface area contributed by atoms with Crippen LogP contribution in [0.25, 0.3) is 10.9 Å². The van der Waals surface area contributed by atoms with Crippen LogP contribution < -0.4 is 9.47 Å². The number of methoxy groups -OCH3 is 2. The van der Waals surface area contributed by atoms with Gasteiger partial charge in [0.15, 0.2) is 5.60 Å². The van der Waals surface area contributed by atoms with Crippen molar-refractivity contribution in [3.05, 3.63) is 76.6 Å². The number of aliphatic hydroxyl groups is 1. The molecule has 0 aliphatic heterocycles. The van der Waals surface area contributed by atoms with Gasteiger partial charge in [0.05, 0.1) is 42.5 Å². The van der Waals surface area contributed by atoms with E-state index in [1.54, 1.807) is 29.8 Å². The average molecular weight is 523 g/mol. The molecule has 190 valence electrons. The Labute approximate surface area is 209 Å². The monoisotopic (exact) mass is 522 g/mol. The van der Waals surface area contributed by atoms with Crippen LogP contribution in [0.5, 0.6) is 11.6 Å². The lowest BCUT2D eigenvalue weighted by atomic mass is 9.83. The molecule has 0 spiro atoms. The fourth-order valence-corrected chi connectivity index (χ4v) is 4.13. The molecule has 1 aromatic carbocycles. The summed E-state index contributed by atoms with van der Waals surface area (Å²) < 4.78 is 57.0. The van der Waals surface area contributed by atoms with Crippen LogP contribution in [0, 0.1) is 0 Å². The van der Waals surface area contributed by atoms with Gasteiger partial charge in [0.1, 0.15) is 12.3 Å². The van der Waals surface area contributed by atoms with Crippen molar-refractivity contribution in [2.75, 3.05) is 27.4 Å². The highest BCUT2D eigenvalue weighted by atomic mass is 35.5. The smallest absolute Gasteiger partial charge is 0.433 e. The number of aryl methyl sites for hydroxylation is 1. The summed E-state index contributed by atoms with van der Waals surface area (Å²) in [6, 6.07) is 6.81. The number of hydrogen-bond acceptors (Lipinski definition) is 7. The Bertz CT molecular complexity index is 1380.